The average Bonchev–Trinajstić information content (AvgIpc) is 3.19. The van der Waals surface area contributed by atoms with Crippen molar-refractivity contribution in [1.82, 2.24) is 9.88 Å². The number of carbonyl (C=O) groups excluding carboxylic acids is 5. The van der Waals surface area contributed by atoms with E-state index in [0.29, 0.717) is 24.1 Å². The van der Waals surface area contributed by atoms with E-state index in [9.17, 15) is 24.0 Å². The highest BCUT2D eigenvalue weighted by Gasteiger charge is 2.50. The third-order valence-corrected chi connectivity index (χ3v) is 6.10. The standard InChI is InChI=1S/C23H28N2O7/c1-6-31-23(30)17-11(2)18(24-12(17)3)19(26)14(5)32-22(29)13(4)25-20(27)15-9-7-8-10-16(15)21(25)28/h7-8,13-16,24H,6,9-10H2,1-5H3/t13-,14+,15-,16+/m0/s1. The number of allylic oxidation sites excluding steroid dienone is 2. The SMILES string of the molecule is CCOC(=O)c1c(C)[nH]c(C(=O)[C@@H](C)OC(=O)[C@H](C)N2C(=O)[C@H]3CC=CC[C@H]3C2=O)c1C. The minimum Gasteiger partial charge on any atom is -0.462 e. The Labute approximate surface area is 186 Å². The van der Waals surface area contributed by atoms with Crippen LogP contribution in [0.4, 0.5) is 0 Å². The first-order valence-corrected chi connectivity index (χ1v) is 10.7. The molecule has 1 fully saturated rings. The highest BCUT2D eigenvalue weighted by atomic mass is 16.5. The number of imide groups is 1. The van der Waals surface area contributed by atoms with Crippen molar-refractivity contribution in [3.63, 3.8) is 0 Å². The van der Waals surface area contributed by atoms with Gasteiger partial charge in [0.25, 0.3) is 0 Å². The molecule has 3 rings (SSSR count). The molecule has 0 bridgehead atoms. The quantitative estimate of drug-likeness (QED) is 0.296. The highest BCUT2D eigenvalue weighted by Crippen LogP contribution is 2.36. The number of aryl methyl sites for hydroxylation is 1. The van der Waals surface area contributed by atoms with E-state index in [4.69, 9.17) is 9.47 Å². The molecular formula is C23H28N2O7. The van der Waals surface area contributed by atoms with Crippen LogP contribution in [0.1, 0.15) is 65.7 Å². The summed E-state index contributed by atoms with van der Waals surface area (Å²) in [5.74, 6) is -3.59. The van der Waals surface area contributed by atoms with Gasteiger partial charge in [0.15, 0.2) is 6.10 Å². The zero-order valence-electron chi connectivity index (χ0n) is 18.9. The van der Waals surface area contributed by atoms with Crippen LogP contribution in [0, 0.1) is 25.7 Å². The van der Waals surface area contributed by atoms with E-state index in [0.717, 1.165) is 4.90 Å². The maximum atomic E-state index is 12.9. The molecule has 1 N–H and O–H groups in total. The van der Waals surface area contributed by atoms with Crippen molar-refractivity contribution in [3.8, 4) is 0 Å². The van der Waals surface area contributed by atoms with Crippen LogP contribution >= 0.6 is 0 Å². The number of hydrogen-bond donors (Lipinski definition) is 1. The lowest BCUT2D eigenvalue weighted by atomic mass is 9.85. The van der Waals surface area contributed by atoms with Gasteiger partial charge < -0.3 is 14.5 Å². The van der Waals surface area contributed by atoms with Crippen molar-refractivity contribution >= 4 is 29.5 Å². The van der Waals surface area contributed by atoms with E-state index in [2.05, 4.69) is 4.98 Å². The van der Waals surface area contributed by atoms with Gasteiger partial charge in [0.1, 0.15) is 6.04 Å². The number of H-pyrrole nitrogens is 1. The van der Waals surface area contributed by atoms with Gasteiger partial charge in [-0.3, -0.25) is 19.3 Å². The fourth-order valence-electron chi connectivity index (χ4n) is 4.35. The van der Waals surface area contributed by atoms with Crippen LogP contribution in [0.25, 0.3) is 0 Å². The molecule has 9 heteroatoms. The third kappa shape index (κ3) is 3.99. The topological polar surface area (TPSA) is 123 Å². The van der Waals surface area contributed by atoms with E-state index in [1.807, 2.05) is 12.2 Å². The summed E-state index contributed by atoms with van der Waals surface area (Å²) in [6, 6.07) is -1.14. The monoisotopic (exact) mass is 444 g/mol. The van der Waals surface area contributed by atoms with Crippen LogP contribution < -0.4 is 0 Å². The summed E-state index contributed by atoms with van der Waals surface area (Å²) < 4.78 is 10.3. The van der Waals surface area contributed by atoms with Crippen molar-refractivity contribution < 1.29 is 33.4 Å². The number of carbonyl (C=O) groups is 5. The van der Waals surface area contributed by atoms with Crippen molar-refractivity contribution in [1.29, 1.82) is 0 Å². The summed E-state index contributed by atoms with van der Waals surface area (Å²) in [6.45, 7) is 7.97. The van der Waals surface area contributed by atoms with Crippen LogP contribution in [0.15, 0.2) is 12.2 Å². The molecule has 1 aromatic heterocycles. The second-order valence-electron chi connectivity index (χ2n) is 8.17. The molecule has 0 spiro atoms. The van der Waals surface area contributed by atoms with Crippen LogP contribution in [0.5, 0.6) is 0 Å². The van der Waals surface area contributed by atoms with Gasteiger partial charge in [-0.05, 0) is 53.0 Å². The van der Waals surface area contributed by atoms with Gasteiger partial charge in [-0.1, -0.05) is 12.2 Å². The van der Waals surface area contributed by atoms with Gasteiger partial charge in [-0.15, -0.1) is 0 Å². The molecule has 0 unspecified atom stereocenters. The van der Waals surface area contributed by atoms with Gasteiger partial charge >= 0.3 is 11.9 Å². The molecule has 1 saturated heterocycles. The number of nitrogens with zero attached hydrogens (tertiary/aromatic N) is 1. The Kier molecular flexibility index (Phi) is 6.66. The lowest BCUT2D eigenvalue weighted by Gasteiger charge is -2.23. The molecule has 4 atom stereocenters. The lowest BCUT2D eigenvalue weighted by molar-refractivity contribution is -0.159. The Balaban J connectivity index is 1.71. The smallest absolute Gasteiger partial charge is 0.340 e. The van der Waals surface area contributed by atoms with Crippen molar-refractivity contribution in [2.45, 2.75) is 59.6 Å². The summed E-state index contributed by atoms with van der Waals surface area (Å²) in [5.41, 5.74) is 1.29. The molecule has 2 heterocycles. The van der Waals surface area contributed by atoms with E-state index >= 15 is 0 Å². The predicted molar refractivity (Wildman–Crippen MR) is 113 cm³/mol. The van der Waals surface area contributed by atoms with E-state index in [1.54, 1.807) is 20.8 Å². The molecule has 2 amide bonds. The molecule has 32 heavy (non-hydrogen) atoms. The maximum absolute atomic E-state index is 12.9. The number of likely N-dealkylation sites (tertiary alicyclic amines) is 1. The lowest BCUT2D eigenvalue weighted by Crippen LogP contribution is -2.45. The van der Waals surface area contributed by atoms with Crippen LogP contribution in [-0.2, 0) is 23.9 Å². The Hall–Kier alpha value is -3.23. The van der Waals surface area contributed by atoms with Gasteiger partial charge in [-0.2, -0.15) is 0 Å². The number of ketones is 1. The number of nitrogens with one attached hydrogen (secondary N) is 1. The number of aromatic amines is 1. The third-order valence-electron chi connectivity index (χ3n) is 6.10. The molecule has 9 nitrogen and oxygen atoms in total. The van der Waals surface area contributed by atoms with E-state index in [1.165, 1.54) is 13.8 Å². The number of fused-ring (bicyclic) bond motifs is 1. The van der Waals surface area contributed by atoms with Crippen LogP contribution in [-0.4, -0.2) is 58.2 Å². The number of amides is 2. The average molecular weight is 444 g/mol. The molecule has 0 aromatic carbocycles. The zero-order valence-corrected chi connectivity index (χ0v) is 18.9. The predicted octanol–water partition coefficient (Wildman–Crippen LogP) is 2.26. The number of Topliss-reactive ketones (excluding diaryl/α,β-unsaturated/α-hetero) is 1. The highest BCUT2D eigenvalue weighted by molar-refractivity contribution is 6.08. The van der Waals surface area contributed by atoms with Gasteiger partial charge in [0.05, 0.1) is 29.7 Å². The molecule has 1 aliphatic carbocycles. The summed E-state index contributed by atoms with van der Waals surface area (Å²) in [5, 5.41) is 0. The van der Waals surface area contributed by atoms with Crippen LogP contribution in [0.3, 0.4) is 0 Å². The van der Waals surface area contributed by atoms with E-state index < -0.39 is 41.7 Å². The molecule has 172 valence electrons. The summed E-state index contributed by atoms with van der Waals surface area (Å²) >= 11 is 0. The molecule has 0 saturated carbocycles. The van der Waals surface area contributed by atoms with E-state index in [-0.39, 0.29) is 29.7 Å². The summed E-state index contributed by atoms with van der Waals surface area (Å²) in [7, 11) is 0. The first-order chi connectivity index (χ1) is 15.1. The fraction of sp³-hybridized carbons (Fsp3) is 0.522. The Morgan fingerprint density at radius 3 is 2.19 bits per heavy atom. The van der Waals surface area contributed by atoms with Crippen LogP contribution in [0.2, 0.25) is 0 Å². The number of rotatable bonds is 7. The first kappa shape index (κ1) is 23.4. The Bertz CT molecular complexity index is 980. The second kappa shape index (κ2) is 9.10. The Morgan fingerprint density at radius 1 is 1.09 bits per heavy atom. The normalized spacial score (nSPS) is 21.8. The first-order valence-electron chi connectivity index (χ1n) is 10.7. The van der Waals surface area contributed by atoms with Crippen molar-refractivity contribution in [2.75, 3.05) is 6.61 Å². The molecule has 2 aliphatic rings. The largest absolute Gasteiger partial charge is 0.462 e. The number of esters is 2. The van der Waals surface area contributed by atoms with Crippen molar-refractivity contribution in [2.24, 2.45) is 11.8 Å². The molecule has 1 aliphatic heterocycles. The summed E-state index contributed by atoms with van der Waals surface area (Å²) in [6.07, 6.45) is 3.48. The molecule has 0 radical (unpaired) electrons. The van der Waals surface area contributed by atoms with Gasteiger partial charge in [0.2, 0.25) is 17.6 Å². The number of hydrogen-bond acceptors (Lipinski definition) is 7. The van der Waals surface area contributed by atoms with Gasteiger partial charge in [0, 0.05) is 5.69 Å². The zero-order chi connectivity index (χ0) is 23.7. The molecular weight excluding hydrogens is 416 g/mol. The van der Waals surface area contributed by atoms with Crippen molar-refractivity contribution in [3.05, 3.63) is 34.7 Å². The fourth-order valence-corrected chi connectivity index (χ4v) is 4.35. The maximum Gasteiger partial charge on any atom is 0.340 e. The minimum absolute atomic E-state index is 0.143. The summed E-state index contributed by atoms with van der Waals surface area (Å²) in [4.78, 5) is 67.0. The number of ether oxygens (including phenoxy) is 2. The minimum atomic E-state index is -1.19. The Morgan fingerprint density at radius 2 is 1.66 bits per heavy atom. The van der Waals surface area contributed by atoms with Gasteiger partial charge in [-0.25, -0.2) is 9.59 Å². The number of aromatic nitrogens is 1. The molecule has 1 aromatic rings. The second-order valence-corrected chi connectivity index (χ2v) is 8.17.